The molecule has 3 rings (SSSR count). The molecule has 2 aromatic carbocycles. The van der Waals surface area contributed by atoms with Gasteiger partial charge in [-0.3, -0.25) is 4.79 Å². The maximum Gasteiger partial charge on any atom is 0.314 e. The van der Waals surface area contributed by atoms with E-state index in [4.69, 9.17) is 0 Å². The number of nitrogens with one attached hydrogen (secondary N) is 1. The molecule has 3 nitrogen and oxygen atoms in total. The van der Waals surface area contributed by atoms with Crippen LogP contribution >= 0.6 is 0 Å². The van der Waals surface area contributed by atoms with Gasteiger partial charge in [-0.25, -0.2) is 0 Å². The van der Waals surface area contributed by atoms with Gasteiger partial charge in [0.05, 0.1) is 5.41 Å². The molecule has 0 spiro atoms. The molecule has 0 aliphatic heterocycles. The molecule has 3 heteroatoms. The molecule has 102 valence electrons. The van der Waals surface area contributed by atoms with Crippen LogP contribution in [0.1, 0.15) is 24.8 Å². The lowest BCUT2D eigenvalue weighted by Gasteiger charge is -2.38. The van der Waals surface area contributed by atoms with Crippen molar-refractivity contribution in [3.05, 3.63) is 60.2 Å². The van der Waals surface area contributed by atoms with Crippen molar-refractivity contribution in [3.63, 3.8) is 0 Å². The third-order valence-corrected chi connectivity index (χ3v) is 4.12. The lowest BCUT2D eigenvalue weighted by Crippen LogP contribution is -2.42. The van der Waals surface area contributed by atoms with Crippen molar-refractivity contribution in [3.8, 4) is 0 Å². The summed E-state index contributed by atoms with van der Waals surface area (Å²) in [7, 11) is 0. The number of carboxylic acids is 1. The van der Waals surface area contributed by atoms with E-state index in [9.17, 15) is 9.90 Å². The maximum absolute atomic E-state index is 11.5. The first kappa shape index (κ1) is 12.7. The summed E-state index contributed by atoms with van der Waals surface area (Å²) in [5, 5.41) is 12.7. The molecule has 2 N–H and O–H groups in total. The van der Waals surface area contributed by atoms with Crippen molar-refractivity contribution < 1.29 is 9.90 Å². The number of hydrogen-bond acceptors (Lipinski definition) is 2. The fourth-order valence-electron chi connectivity index (χ4n) is 2.72. The highest BCUT2D eigenvalue weighted by molar-refractivity contribution is 5.82. The van der Waals surface area contributed by atoms with Gasteiger partial charge in [0.2, 0.25) is 0 Å². The Morgan fingerprint density at radius 1 is 0.950 bits per heavy atom. The quantitative estimate of drug-likeness (QED) is 0.882. The normalized spacial score (nSPS) is 16.2. The highest BCUT2D eigenvalue weighted by Gasteiger charge is 2.45. The number of rotatable bonds is 4. The van der Waals surface area contributed by atoms with Gasteiger partial charge in [-0.15, -0.1) is 0 Å². The minimum absolute atomic E-state index is 0.648. The van der Waals surface area contributed by atoms with E-state index in [2.05, 4.69) is 5.32 Å². The Bertz CT molecular complexity index is 601. The van der Waals surface area contributed by atoms with Gasteiger partial charge in [0.1, 0.15) is 0 Å². The number of carboxylic acid groups (broad SMARTS) is 1. The number of para-hydroxylation sites is 1. The average Bonchev–Trinajstić information content (AvgIpc) is 2.40. The summed E-state index contributed by atoms with van der Waals surface area (Å²) >= 11 is 0. The third-order valence-electron chi connectivity index (χ3n) is 4.12. The first-order valence-corrected chi connectivity index (χ1v) is 6.87. The second kappa shape index (κ2) is 5.00. The van der Waals surface area contributed by atoms with Gasteiger partial charge in [-0.1, -0.05) is 36.8 Å². The van der Waals surface area contributed by atoms with E-state index in [1.165, 1.54) is 0 Å². The zero-order valence-corrected chi connectivity index (χ0v) is 11.2. The molecule has 0 aromatic heterocycles. The molecule has 0 saturated heterocycles. The Labute approximate surface area is 118 Å². The monoisotopic (exact) mass is 267 g/mol. The molecule has 2 aromatic rings. The topological polar surface area (TPSA) is 49.3 Å². The zero-order valence-electron chi connectivity index (χ0n) is 11.2. The number of aliphatic carboxylic acids is 1. The summed E-state index contributed by atoms with van der Waals surface area (Å²) in [6.45, 7) is 0. The Balaban J connectivity index is 1.80. The third kappa shape index (κ3) is 2.16. The largest absolute Gasteiger partial charge is 0.481 e. The molecule has 0 atom stereocenters. The number of benzene rings is 2. The van der Waals surface area contributed by atoms with Crippen LogP contribution < -0.4 is 5.32 Å². The van der Waals surface area contributed by atoms with Gasteiger partial charge in [0, 0.05) is 11.4 Å². The average molecular weight is 267 g/mol. The van der Waals surface area contributed by atoms with Gasteiger partial charge in [0.25, 0.3) is 0 Å². The maximum atomic E-state index is 11.5. The van der Waals surface area contributed by atoms with E-state index in [0.717, 1.165) is 36.2 Å². The summed E-state index contributed by atoms with van der Waals surface area (Å²) in [6.07, 6.45) is 2.48. The van der Waals surface area contributed by atoms with Gasteiger partial charge in [-0.2, -0.15) is 0 Å². The van der Waals surface area contributed by atoms with E-state index in [1.54, 1.807) is 0 Å². The Hall–Kier alpha value is -2.29. The van der Waals surface area contributed by atoms with E-state index >= 15 is 0 Å². The van der Waals surface area contributed by atoms with Crippen LogP contribution in [0.15, 0.2) is 54.6 Å². The second-order valence-electron chi connectivity index (χ2n) is 5.31. The van der Waals surface area contributed by atoms with Crippen LogP contribution in [0.2, 0.25) is 0 Å². The molecule has 0 radical (unpaired) electrons. The highest BCUT2D eigenvalue weighted by Crippen LogP contribution is 2.44. The van der Waals surface area contributed by atoms with Crippen LogP contribution in [-0.4, -0.2) is 11.1 Å². The molecular formula is C17H17NO2. The summed E-state index contributed by atoms with van der Waals surface area (Å²) in [6, 6.07) is 17.7. The standard InChI is InChI=1S/C17H17NO2/c19-16(20)17(11-4-12-17)13-7-9-15(10-8-13)18-14-5-2-1-3-6-14/h1-3,5-10,18H,4,11-12H2,(H,19,20). The summed E-state index contributed by atoms with van der Waals surface area (Å²) in [5.41, 5.74) is 2.26. The van der Waals surface area contributed by atoms with Crippen molar-refractivity contribution in [2.24, 2.45) is 0 Å². The first-order chi connectivity index (χ1) is 9.71. The zero-order chi connectivity index (χ0) is 14.0. The summed E-state index contributed by atoms with van der Waals surface area (Å²) in [5.74, 6) is -0.701. The molecule has 1 fully saturated rings. The number of anilines is 2. The first-order valence-electron chi connectivity index (χ1n) is 6.87. The van der Waals surface area contributed by atoms with Crippen LogP contribution in [0.5, 0.6) is 0 Å². The van der Waals surface area contributed by atoms with Crippen LogP contribution in [0.3, 0.4) is 0 Å². The molecular weight excluding hydrogens is 250 g/mol. The van der Waals surface area contributed by atoms with Crippen molar-refractivity contribution >= 4 is 17.3 Å². The highest BCUT2D eigenvalue weighted by atomic mass is 16.4. The minimum Gasteiger partial charge on any atom is -0.481 e. The Morgan fingerprint density at radius 3 is 2.05 bits per heavy atom. The predicted molar refractivity (Wildman–Crippen MR) is 79.3 cm³/mol. The molecule has 0 heterocycles. The van der Waals surface area contributed by atoms with Gasteiger partial charge < -0.3 is 10.4 Å². The molecule has 1 aliphatic carbocycles. The van der Waals surface area contributed by atoms with Crippen molar-refractivity contribution in [2.75, 3.05) is 5.32 Å². The van der Waals surface area contributed by atoms with Crippen molar-refractivity contribution in [1.82, 2.24) is 0 Å². The Morgan fingerprint density at radius 2 is 1.55 bits per heavy atom. The molecule has 0 bridgehead atoms. The van der Waals surface area contributed by atoms with Crippen LogP contribution in [0, 0.1) is 0 Å². The van der Waals surface area contributed by atoms with Crippen molar-refractivity contribution in [2.45, 2.75) is 24.7 Å². The van der Waals surface area contributed by atoms with E-state index in [1.807, 2.05) is 54.6 Å². The Kier molecular flexibility index (Phi) is 3.18. The summed E-state index contributed by atoms with van der Waals surface area (Å²) in [4.78, 5) is 11.5. The summed E-state index contributed by atoms with van der Waals surface area (Å²) < 4.78 is 0. The molecule has 0 unspecified atom stereocenters. The van der Waals surface area contributed by atoms with E-state index in [-0.39, 0.29) is 0 Å². The van der Waals surface area contributed by atoms with Crippen LogP contribution in [-0.2, 0) is 10.2 Å². The van der Waals surface area contributed by atoms with Gasteiger partial charge in [-0.05, 0) is 42.7 Å². The van der Waals surface area contributed by atoms with Crippen molar-refractivity contribution in [1.29, 1.82) is 0 Å². The molecule has 1 saturated carbocycles. The minimum atomic E-state index is -0.701. The molecule has 0 amide bonds. The SMILES string of the molecule is O=C(O)C1(c2ccc(Nc3ccccc3)cc2)CCC1. The lowest BCUT2D eigenvalue weighted by atomic mass is 9.64. The smallest absolute Gasteiger partial charge is 0.314 e. The molecule has 1 aliphatic rings. The molecule has 20 heavy (non-hydrogen) atoms. The lowest BCUT2D eigenvalue weighted by molar-refractivity contribution is -0.147. The van der Waals surface area contributed by atoms with E-state index < -0.39 is 11.4 Å². The van der Waals surface area contributed by atoms with Gasteiger partial charge in [0.15, 0.2) is 0 Å². The predicted octanol–water partition coefficient (Wildman–Crippen LogP) is 3.94. The van der Waals surface area contributed by atoms with Crippen LogP contribution in [0.4, 0.5) is 11.4 Å². The van der Waals surface area contributed by atoms with Gasteiger partial charge >= 0.3 is 5.97 Å². The fourth-order valence-corrected chi connectivity index (χ4v) is 2.72. The number of carbonyl (C=O) groups is 1. The van der Waals surface area contributed by atoms with E-state index in [0.29, 0.717) is 0 Å². The van der Waals surface area contributed by atoms with Crippen LogP contribution in [0.25, 0.3) is 0 Å². The fraction of sp³-hybridized carbons (Fsp3) is 0.235. The second-order valence-corrected chi connectivity index (χ2v) is 5.31. The number of hydrogen-bond donors (Lipinski definition) is 2.